The monoisotopic (exact) mass is 556 g/mol. The number of nitrogens with zero attached hydrogens (tertiary/aromatic N) is 3. The minimum absolute atomic E-state index is 0.276. The lowest BCUT2D eigenvalue weighted by Crippen LogP contribution is -2.35. The van der Waals surface area contributed by atoms with E-state index in [0.717, 1.165) is 62.4 Å². The van der Waals surface area contributed by atoms with Gasteiger partial charge in [-0.2, -0.15) is 30.2 Å². The van der Waals surface area contributed by atoms with Gasteiger partial charge in [0.05, 0.1) is 17.3 Å². The summed E-state index contributed by atoms with van der Waals surface area (Å²) in [4.78, 5) is 6.09. The Morgan fingerprint density at radius 1 is 1.28 bits per heavy atom. The van der Waals surface area contributed by atoms with Crippen molar-refractivity contribution in [1.29, 1.82) is 5.26 Å². The van der Waals surface area contributed by atoms with Gasteiger partial charge in [-0.25, -0.2) is 4.98 Å². The molecule has 0 aliphatic carbocycles. The molecule has 0 radical (unpaired) electrons. The number of ether oxygens (including phenoxy) is 1. The first-order chi connectivity index (χ1) is 18.6. The minimum atomic E-state index is -4.36. The highest BCUT2D eigenvalue weighted by molar-refractivity contribution is 7.99. The normalized spacial score (nSPS) is 15.2. The largest absolute Gasteiger partial charge is 0.487 e. The highest BCUT2D eigenvalue weighted by Gasteiger charge is 2.31. The summed E-state index contributed by atoms with van der Waals surface area (Å²) in [7, 11) is 0. The van der Waals surface area contributed by atoms with E-state index < -0.39 is 11.7 Å². The summed E-state index contributed by atoms with van der Waals surface area (Å²) < 4.78 is 44.3. The SMILES string of the molecule is C=C(C#N)/C=C(N)\C(=C\CC)OCc1ccc(CCSC2CCN(c3ccc(C(F)(F)F)cn3)CC2)c(C)c1. The molecule has 5 nitrogen and oxygen atoms in total. The maximum Gasteiger partial charge on any atom is 0.417 e. The third-order valence-electron chi connectivity index (χ3n) is 6.51. The lowest BCUT2D eigenvalue weighted by Gasteiger charge is -2.32. The van der Waals surface area contributed by atoms with Gasteiger partial charge in [0.2, 0.25) is 0 Å². The van der Waals surface area contributed by atoms with E-state index in [1.807, 2.05) is 30.8 Å². The van der Waals surface area contributed by atoms with E-state index >= 15 is 0 Å². The minimum Gasteiger partial charge on any atom is -0.487 e. The van der Waals surface area contributed by atoms with Crippen LogP contribution in [-0.2, 0) is 23.9 Å². The van der Waals surface area contributed by atoms with Crippen molar-refractivity contribution in [3.05, 3.63) is 94.5 Å². The fourth-order valence-corrected chi connectivity index (χ4v) is 5.57. The van der Waals surface area contributed by atoms with E-state index in [-0.39, 0.29) is 5.57 Å². The number of rotatable bonds is 11. The number of thioether (sulfide) groups is 1. The number of benzene rings is 1. The summed E-state index contributed by atoms with van der Waals surface area (Å²) in [6.45, 7) is 9.70. The Kier molecular flexibility index (Phi) is 10.9. The zero-order chi connectivity index (χ0) is 28.4. The maximum absolute atomic E-state index is 12.8. The van der Waals surface area contributed by atoms with Crippen LogP contribution in [0.3, 0.4) is 0 Å². The van der Waals surface area contributed by atoms with Crippen molar-refractivity contribution < 1.29 is 17.9 Å². The van der Waals surface area contributed by atoms with Crippen molar-refractivity contribution in [3.8, 4) is 6.07 Å². The molecule has 1 aliphatic heterocycles. The zero-order valence-corrected chi connectivity index (χ0v) is 23.2. The van der Waals surface area contributed by atoms with Gasteiger partial charge >= 0.3 is 6.18 Å². The number of alkyl halides is 3. The molecule has 0 spiro atoms. The summed E-state index contributed by atoms with van der Waals surface area (Å²) in [5.74, 6) is 2.16. The van der Waals surface area contributed by atoms with Crippen LogP contribution in [0.15, 0.2) is 72.3 Å². The van der Waals surface area contributed by atoms with Crippen LogP contribution >= 0.6 is 11.8 Å². The molecule has 1 saturated heterocycles. The Hall–Kier alpha value is -3.38. The smallest absolute Gasteiger partial charge is 0.417 e. The first-order valence-electron chi connectivity index (χ1n) is 13.0. The van der Waals surface area contributed by atoms with Crippen LogP contribution in [0.1, 0.15) is 48.4 Å². The summed E-state index contributed by atoms with van der Waals surface area (Å²) >= 11 is 1.96. The van der Waals surface area contributed by atoms with Crippen molar-refractivity contribution in [2.75, 3.05) is 23.7 Å². The number of piperidine rings is 1. The van der Waals surface area contributed by atoms with Gasteiger partial charge in [0.1, 0.15) is 18.2 Å². The van der Waals surface area contributed by atoms with Crippen LogP contribution in [0.25, 0.3) is 0 Å². The third kappa shape index (κ3) is 9.10. The van der Waals surface area contributed by atoms with E-state index in [4.69, 9.17) is 15.7 Å². The summed E-state index contributed by atoms with van der Waals surface area (Å²) in [6, 6.07) is 10.9. The predicted molar refractivity (Wildman–Crippen MR) is 152 cm³/mol. The van der Waals surface area contributed by atoms with Gasteiger partial charge < -0.3 is 15.4 Å². The first kappa shape index (κ1) is 30.2. The molecule has 3 rings (SSSR count). The van der Waals surface area contributed by atoms with E-state index in [9.17, 15) is 13.2 Å². The molecule has 2 heterocycles. The van der Waals surface area contributed by atoms with Gasteiger partial charge in [0, 0.05) is 30.1 Å². The highest BCUT2D eigenvalue weighted by atomic mass is 32.2. The van der Waals surface area contributed by atoms with Crippen molar-refractivity contribution in [1.82, 2.24) is 4.98 Å². The number of halogens is 3. The molecule has 1 fully saturated rings. The fourth-order valence-electron chi connectivity index (χ4n) is 4.35. The fraction of sp³-hybridized carbons (Fsp3) is 0.400. The average Bonchev–Trinajstić information content (AvgIpc) is 2.92. The van der Waals surface area contributed by atoms with Crippen LogP contribution in [0.5, 0.6) is 0 Å². The molecule has 39 heavy (non-hydrogen) atoms. The topological polar surface area (TPSA) is 75.2 Å². The molecule has 1 aliphatic rings. The zero-order valence-electron chi connectivity index (χ0n) is 22.4. The Balaban J connectivity index is 1.45. The molecule has 0 amide bonds. The molecule has 2 aromatic rings. The molecule has 0 unspecified atom stereocenters. The third-order valence-corrected chi connectivity index (χ3v) is 7.90. The van der Waals surface area contributed by atoms with Gasteiger partial charge in [-0.3, -0.25) is 0 Å². The molecule has 2 N–H and O–H groups in total. The van der Waals surface area contributed by atoms with Gasteiger partial charge in [0.25, 0.3) is 0 Å². The van der Waals surface area contributed by atoms with E-state index in [0.29, 0.717) is 29.1 Å². The van der Waals surface area contributed by atoms with E-state index in [1.165, 1.54) is 23.3 Å². The molecule has 1 aromatic carbocycles. The Bertz CT molecular complexity index is 1220. The van der Waals surface area contributed by atoms with E-state index in [1.54, 1.807) is 0 Å². The van der Waals surface area contributed by atoms with Gasteiger partial charge in [-0.1, -0.05) is 31.7 Å². The van der Waals surface area contributed by atoms with Gasteiger partial charge in [0.15, 0.2) is 0 Å². The average molecular weight is 557 g/mol. The summed E-state index contributed by atoms with van der Waals surface area (Å²) in [5, 5.41) is 9.46. The standard InChI is InChI=1S/C30H35F3N4OS/c1-4-5-28(27(35)16-21(2)18-34)38-20-23-6-7-24(22(3)17-23)12-15-39-26-10-13-37(14-11-26)29-9-8-25(19-36-29)30(31,32)33/h5-9,16-17,19,26H,2,4,10-15,20,35H2,1,3H3/b27-16+,28-5-. The quantitative estimate of drug-likeness (QED) is 0.181. The highest BCUT2D eigenvalue weighted by Crippen LogP contribution is 2.31. The predicted octanol–water partition coefficient (Wildman–Crippen LogP) is 7.09. The van der Waals surface area contributed by atoms with Crippen molar-refractivity contribution >= 4 is 17.6 Å². The second-order valence-electron chi connectivity index (χ2n) is 9.47. The number of nitriles is 1. The number of pyridine rings is 1. The summed E-state index contributed by atoms with van der Waals surface area (Å²) in [5.41, 5.74) is 9.58. The number of aryl methyl sites for hydroxylation is 2. The van der Waals surface area contributed by atoms with Crippen molar-refractivity contribution in [2.24, 2.45) is 5.73 Å². The second kappa shape index (κ2) is 14.1. The van der Waals surface area contributed by atoms with Crippen molar-refractivity contribution in [2.45, 2.75) is 57.6 Å². The Morgan fingerprint density at radius 2 is 2.03 bits per heavy atom. The summed E-state index contributed by atoms with van der Waals surface area (Å²) in [6.07, 6.45) is 3.64. The number of allylic oxidation sites excluding steroid dienone is 3. The maximum atomic E-state index is 12.8. The van der Waals surface area contributed by atoms with Crippen LogP contribution < -0.4 is 10.6 Å². The Labute approximate surface area is 233 Å². The van der Waals surface area contributed by atoms with Crippen LogP contribution in [0, 0.1) is 18.3 Å². The second-order valence-corrected chi connectivity index (χ2v) is 10.9. The van der Waals surface area contributed by atoms with E-state index in [2.05, 4.69) is 41.6 Å². The number of hydrogen-bond acceptors (Lipinski definition) is 6. The number of anilines is 1. The molecular formula is C30H35F3N4OS. The molecule has 0 bridgehead atoms. The molecule has 208 valence electrons. The number of nitrogens with two attached hydrogens (primary N) is 1. The van der Waals surface area contributed by atoms with Gasteiger partial charge in [-0.05, 0) is 79.3 Å². The van der Waals surface area contributed by atoms with Crippen LogP contribution in [0.4, 0.5) is 19.0 Å². The molecule has 9 heteroatoms. The molecular weight excluding hydrogens is 521 g/mol. The molecule has 1 aromatic heterocycles. The Morgan fingerprint density at radius 3 is 2.62 bits per heavy atom. The van der Waals surface area contributed by atoms with Gasteiger partial charge in [-0.15, -0.1) is 0 Å². The number of aromatic nitrogens is 1. The molecule has 0 atom stereocenters. The van der Waals surface area contributed by atoms with Crippen LogP contribution in [0.2, 0.25) is 0 Å². The molecule has 0 saturated carbocycles. The lowest BCUT2D eigenvalue weighted by atomic mass is 10.0. The first-order valence-corrected chi connectivity index (χ1v) is 14.0. The van der Waals surface area contributed by atoms with Crippen molar-refractivity contribution in [3.63, 3.8) is 0 Å². The number of hydrogen-bond donors (Lipinski definition) is 1. The van der Waals surface area contributed by atoms with Crippen LogP contribution in [-0.4, -0.2) is 29.1 Å². The lowest BCUT2D eigenvalue weighted by molar-refractivity contribution is -0.137.